The molecule has 1 aromatic heterocycles. The van der Waals surface area contributed by atoms with Crippen molar-refractivity contribution >= 4 is 10.9 Å². The predicted molar refractivity (Wildman–Crippen MR) is 86.1 cm³/mol. The average Bonchev–Trinajstić information content (AvgIpc) is 2.81. The lowest BCUT2D eigenvalue weighted by Gasteiger charge is -2.08. The van der Waals surface area contributed by atoms with E-state index in [-0.39, 0.29) is 5.82 Å². The highest BCUT2D eigenvalue weighted by Gasteiger charge is 2.14. The molecule has 0 radical (unpaired) electrons. The van der Waals surface area contributed by atoms with Gasteiger partial charge in [-0.15, -0.1) is 0 Å². The van der Waals surface area contributed by atoms with E-state index in [2.05, 4.69) is 23.3 Å². The minimum absolute atomic E-state index is 0.177. The molecular weight excluding hydrogens is 263 g/mol. The molecule has 0 fully saturated rings. The Labute approximate surface area is 124 Å². The van der Waals surface area contributed by atoms with Gasteiger partial charge in [0, 0.05) is 22.2 Å². The van der Waals surface area contributed by atoms with Gasteiger partial charge in [-0.2, -0.15) is 0 Å². The second-order valence-electron chi connectivity index (χ2n) is 5.29. The number of aryl methyl sites for hydroxylation is 1. The Morgan fingerprint density at radius 2 is 1.81 bits per heavy atom. The number of halogens is 1. The summed E-state index contributed by atoms with van der Waals surface area (Å²) in [5.74, 6) is -0.177. The van der Waals surface area contributed by atoms with Gasteiger partial charge in [0.15, 0.2) is 0 Å². The summed E-state index contributed by atoms with van der Waals surface area (Å²) in [6.45, 7) is 2.98. The largest absolute Gasteiger partial charge is 0.358 e. The maximum Gasteiger partial charge on any atom is 0.131 e. The number of rotatable bonds is 4. The van der Waals surface area contributed by atoms with Crippen molar-refractivity contribution in [2.45, 2.75) is 13.3 Å². The Balaban J connectivity index is 2.26. The van der Waals surface area contributed by atoms with E-state index in [1.165, 1.54) is 11.6 Å². The third kappa shape index (κ3) is 2.45. The molecule has 0 amide bonds. The lowest BCUT2D eigenvalue weighted by molar-refractivity contribution is 0.631. The van der Waals surface area contributed by atoms with Crippen molar-refractivity contribution in [1.29, 1.82) is 0 Å². The highest BCUT2D eigenvalue weighted by molar-refractivity contribution is 5.98. The van der Waals surface area contributed by atoms with E-state index in [1.807, 2.05) is 31.3 Å². The number of likely N-dealkylation sites (N-methyl/N-ethyl adjacent to an activating group) is 1. The maximum atomic E-state index is 14.2. The monoisotopic (exact) mass is 282 g/mol. The molecule has 3 aromatic rings. The van der Waals surface area contributed by atoms with Crippen molar-refractivity contribution in [2.24, 2.45) is 0 Å². The molecule has 0 aliphatic rings. The zero-order valence-corrected chi connectivity index (χ0v) is 12.3. The first-order valence-corrected chi connectivity index (χ1v) is 7.22. The first-order chi connectivity index (χ1) is 10.2. The molecule has 2 N–H and O–H groups in total. The molecule has 3 heteroatoms. The van der Waals surface area contributed by atoms with Crippen LogP contribution in [0.5, 0.6) is 0 Å². The molecule has 2 aromatic carbocycles. The van der Waals surface area contributed by atoms with Crippen LogP contribution >= 0.6 is 0 Å². The van der Waals surface area contributed by atoms with Crippen molar-refractivity contribution in [3.8, 4) is 11.1 Å². The van der Waals surface area contributed by atoms with Crippen molar-refractivity contribution in [1.82, 2.24) is 10.3 Å². The van der Waals surface area contributed by atoms with E-state index in [9.17, 15) is 4.39 Å². The SMILES string of the molecule is CNCCc1c(C)[nH]c2cccc(-c3ccccc3F)c12. The van der Waals surface area contributed by atoms with Crippen LogP contribution in [0, 0.1) is 12.7 Å². The molecule has 0 bridgehead atoms. The molecule has 2 nitrogen and oxygen atoms in total. The standard InChI is InChI=1S/C18H19FN2/c1-12-13(10-11-20-2)18-15(7-5-9-17(18)21-12)14-6-3-4-8-16(14)19/h3-9,20-21H,10-11H2,1-2H3. The van der Waals surface area contributed by atoms with Crippen LogP contribution in [0.15, 0.2) is 42.5 Å². The second kappa shape index (κ2) is 5.70. The summed E-state index contributed by atoms with van der Waals surface area (Å²) in [7, 11) is 1.95. The Morgan fingerprint density at radius 1 is 1.05 bits per heavy atom. The van der Waals surface area contributed by atoms with Crippen LogP contribution in [-0.2, 0) is 6.42 Å². The minimum atomic E-state index is -0.177. The van der Waals surface area contributed by atoms with E-state index in [0.29, 0.717) is 5.56 Å². The van der Waals surface area contributed by atoms with Gasteiger partial charge in [0.2, 0.25) is 0 Å². The van der Waals surface area contributed by atoms with E-state index >= 15 is 0 Å². The van der Waals surface area contributed by atoms with Crippen LogP contribution < -0.4 is 5.32 Å². The summed E-state index contributed by atoms with van der Waals surface area (Å²) in [4.78, 5) is 3.42. The third-order valence-electron chi connectivity index (χ3n) is 3.93. The summed E-state index contributed by atoms with van der Waals surface area (Å²) >= 11 is 0. The topological polar surface area (TPSA) is 27.8 Å². The molecule has 108 valence electrons. The van der Waals surface area contributed by atoms with Crippen molar-refractivity contribution in [2.75, 3.05) is 13.6 Å². The van der Waals surface area contributed by atoms with Crippen molar-refractivity contribution in [3.05, 3.63) is 59.5 Å². The van der Waals surface area contributed by atoms with Gasteiger partial charge in [-0.3, -0.25) is 0 Å². The minimum Gasteiger partial charge on any atom is -0.358 e. The maximum absolute atomic E-state index is 14.2. The number of aromatic nitrogens is 1. The fraction of sp³-hybridized carbons (Fsp3) is 0.222. The third-order valence-corrected chi connectivity index (χ3v) is 3.93. The predicted octanol–water partition coefficient (Wildman–Crippen LogP) is 4.04. The molecule has 0 saturated carbocycles. The fourth-order valence-electron chi connectivity index (χ4n) is 2.91. The van der Waals surface area contributed by atoms with Gasteiger partial charge in [-0.25, -0.2) is 4.39 Å². The lowest BCUT2D eigenvalue weighted by Crippen LogP contribution is -2.10. The Morgan fingerprint density at radius 3 is 2.57 bits per heavy atom. The number of nitrogens with one attached hydrogen (secondary N) is 2. The Bertz CT molecular complexity index is 774. The zero-order valence-electron chi connectivity index (χ0n) is 12.3. The molecule has 3 rings (SSSR count). The number of aromatic amines is 1. The van der Waals surface area contributed by atoms with Gasteiger partial charge < -0.3 is 10.3 Å². The number of fused-ring (bicyclic) bond motifs is 1. The first kappa shape index (κ1) is 13.8. The number of benzene rings is 2. The first-order valence-electron chi connectivity index (χ1n) is 7.22. The quantitative estimate of drug-likeness (QED) is 0.742. The van der Waals surface area contributed by atoms with E-state index in [0.717, 1.165) is 35.1 Å². The fourth-order valence-corrected chi connectivity index (χ4v) is 2.91. The van der Waals surface area contributed by atoms with Crippen LogP contribution in [0.4, 0.5) is 4.39 Å². The van der Waals surface area contributed by atoms with Crippen LogP contribution in [0.2, 0.25) is 0 Å². The summed E-state index contributed by atoms with van der Waals surface area (Å²) in [6.07, 6.45) is 0.924. The Kier molecular flexibility index (Phi) is 3.76. The number of hydrogen-bond acceptors (Lipinski definition) is 1. The normalized spacial score (nSPS) is 11.2. The average molecular weight is 282 g/mol. The van der Waals surface area contributed by atoms with Crippen LogP contribution in [0.25, 0.3) is 22.0 Å². The van der Waals surface area contributed by atoms with Crippen molar-refractivity contribution in [3.63, 3.8) is 0 Å². The molecule has 0 aliphatic heterocycles. The van der Waals surface area contributed by atoms with Gasteiger partial charge in [0.1, 0.15) is 5.82 Å². The number of H-pyrrole nitrogens is 1. The highest BCUT2D eigenvalue weighted by Crippen LogP contribution is 2.34. The smallest absolute Gasteiger partial charge is 0.131 e. The zero-order chi connectivity index (χ0) is 14.8. The van der Waals surface area contributed by atoms with E-state index in [1.54, 1.807) is 6.07 Å². The summed E-state index contributed by atoms with van der Waals surface area (Å²) in [5.41, 5.74) is 5.11. The van der Waals surface area contributed by atoms with E-state index in [4.69, 9.17) is 0 Å². The molecule has 0 unspecified atom stereocenters. The second-order valence-corrected chi connectivity index (χ2v) is 5.29. The van der Waals surface area contributed by atoms with Gasteiger partial charge in [0.05, 0.1) is 0 Å². The molecular formula is C18H19FN2. The van der Waals surface area contributed by atoms with Crippen molar-refractivity contribution < 1.29 is 4.39 Å². The van der Waals surface area contributed by atoms with Gasteiger partial charge in [-0.05, 0) is 50.2 Å². The summed E-state index contributed by atoms with van der Waals surface area (Å²) in [5, 5.41) is 4.32. The Hall–Kier alpha value is -2.13. The highest BCUT2D eigenvalue weighted by atomic mass is 19.1. The molecule has 1 heterocycles. The summed E-state index contributed by atoms with van der Waals surface area (Å²) in [6, 6.07) is 13.0. The van der Waals surface area contributed by atoms with Gasteiger partial charge in [0.25, 0.3) is 0 Å². The van der Waals surface area contributed by atoms with Crippen LogP contribution in [-0.4, -0.2) is 18.6 Å². The van der Waals surface area contributed by atoms with Gasteiger partial charge in [-0.1, -0.05) is 30.3 Å². The van der Waals surface area contributed by atoms with E-state index < -0.39 is 0 Å². The summed E-state index contributed by atoms with van der Waals surface area (Å²) < 4.78 is 14.2. The number of hydrogen-bond donors (Lipinski definition) is 2. The molecule has 0 atom stereocenters. The molecule has 21 heavy (non-hydrogen) atoms. The van der Waals surface area contributed by atoms with Gasteiger partial charge >= 0.3 is 0 Å². The molecule has 0 spiro atoms. The van der Waals surface area contributed by atoms with Crippen LogP contribution in [0.3, 0.4) is 0 Å². The molecule has 0 saturated heterocycles. The van der Waals surface area contributed by atoms with Crippen LogP contribution in [0.1, 0.15) is 11.3 Å². The lowest BCUT2D eigenvalue weighted by atomic mass is 9.97. The molecule has 0 aliphatic carbocycles.